The van der Waals surface area contributed by atoms with Crippen LogP contribution in [0, 0.1) is 12.3 Å². The molecule has 0 spiro atoms. The van der Waals surface area contributed by atoms with Crippen LogP contribution in [0.5, 0.6) is 0 Å². The minimum Gasteiger partial charge on any atom is -0.465 e. The minimum absolute atomic E-state index is 0.218. The Morgan fingerprint density at radius 1 is 1.12 bits per heavy atom. The minimum atomic E-state index is -1.36. The number of carbonyl (C=O) groups excluding carboxylic acids is 2. The van der Waals surface area contributed by atoms with Crippen molar-refractivity contribution >= 4 is 27.9 Å². The zero-order valence-electron chi connectivity index (χ0n) is 14.5. The van der Waals surface area contributed by atoms with E-state index in [0.29, 0.717) is 5.33 Å². The van der Waals surface area contributed by atoms with Gasteiger partial charge in [-0.15, -0.1) is 0 Å². The number of aryl methyl sites for hydroxylation is 1. The molecule has 1 aromatic rings. The van der Waals surface area contributed by atoms with Crippen molar-refractivity contribution in [3.05, 3.63) is 47.5 Å². The molecular weight excluding hydrogens is 372 g/mol. The van der Waals surface area contributed by atoms with Gasteiger partial charge in [-0.25, -0.2) is 0 Å². The largest absolute Gasteiger partial charge is 0.465 e. The number of benzene rings is 1. The summed E-state index contributed by atoms with van der Waals surface area (Å²) in [7, 11) is 0. The number of ether oxygens (including phenoxy) is 2. The summed E-state index contributed by atoms with van der Waals surface area (Å²) >= 11 is 3.31. The van der Waals surface area contributed by atoms with Crippen molar-refractivity contribution in [2.24, 2.45) is 5.41 Å². The highest BCUT2D eigenvalue weighted by Crippen LogP contribution is 2.32. The number of esters is 2. The molecule has 132 valence electrons. The van der Waals surface area contributed by atoms with Gasteiger partial charge in [-0.3, -0.25) is 9.59 Å². The predicted molar refractivity (Wildman–Crippen MR) is 98.1 cm³/mol. The van der Waals surface area contributed by atoms with E-state index < -0.39 is 17.4 Å². The van der Waals surface area contributed by atoms with Gasteiger partial charge in [0.25, 0.3) is 0 Å². The van der Waals surface area contributed by atoms with Crippen molar-refractivity contribution in [2.45, 2.75) is 33.6 Å². The molecule has 0 aliphatic carbocycles. The van der Waals surface area contributed by atoms with E-state index in [2.05, 4.69) is 15.9 Å². The summed E-state index contributed by atoms with van der Waals surface area (Å²) in [6.45, 7) is 5.88. The Morgan fingerprint density at radius 3 is 2.25 bits per heavy atom. The van der Waals surface area contributed by atoms with Crippen LogP contribution >= 0.6 is 15.9 Å². The van der Waals surface area contributed by atoms with E-state index in [-0.39, 0.29) is 26.1 Å². The number of halogens is 1. The van der Waals surface area contributed by atoms with Gasteiger partial charge in [0, 0.05) is 5.33 Å². The molecule has 0 saturated heterocycles. The van der Waals surface area contributed by atoms with E-state index in [9.17, 15) is 9.59 Å². The van der Waals surface area contributed by atoms with E-state index in [0.717, 1.165) is 11.1 Å². The van der Waals surface area contributed by atoms with Crippen LogP contribution in [0.4, 0.5) is 0 Å². The number of carbonyl (C=O) groups is 2. The fraction of sp³-hybridized carbons (Fsp3) is 0.474. The quantitative estimate of drug-likeness (QED) is 0.274. The lowest BCUT2D eigenvalue weighted by molar-refractivity contribution is -0.171. The third kappa shape index (κ3) is 5.48. The topological polar surface area (TPSA) is 52.6 Å². The Kier molecular flexibility index (Phi) is 8.76. The second-order valence-corrected chi connectivity index (χ2v) is 6.17. The Bertz CT molecular complexity index is 562. The van der Waals surface area contributed by atoms with Gasteiger partial charge < -0.3 is 9.47 Å². The van der Waals surface area contributed by atoms with Crippen LogP contribution < -0.4 is 0 Å². The molecule has 4 nitrogen and oxygen atoms in total. The van der Waals surface area contributed by atoms with Crippen LogP contribution in [0.3, 0.4) is 0 Å². The molecule has 0 saturated carbocycles. The van der Waals surface area contributed by atoms with Crippen molar-refractivity contribution in [1.29, 1.82) is 0 Å². The second-order valence-electron chi connectivity index (χ2n) is 5.52. The molecule has 0 heterocycles. The average molecular weight is 397 g/mol. The predicted octanol–water partition coefficient (Wildman–Crippen LogP) is 3.99. The maximum Gasteiger partial charge on any atom is 0.324 e. The normalized spacial score (nSPS) is 11.5. The second kappa shape index (κ2) is 10.3. The molecule has 0 N–H and O–H groups in total. The third-order valence-electron chi connectivity index (χ3n) is 3.64. The van der Waals surface area contributed by atoms with Crippen LogP contribution in [0.2, 0.25) is 0 Å². The molecule has 0 aromatic heterocycles. The van der Waals surface area contributed by atoms with Crippen LogP contribution in [0.25, 0.3) is 0 Å². The number of hydrogen-bond donors (Lipinski definition) is 0. The summed E-state index contributed by atoms with van der Waals surface area (Å²) in [6.07, 6.45) is 4.17. The average Bonchev–Trinajstić information content (AvgIpc) is 2.54. The molecule has 0 radical (unpaired) electrons. The van der Waals surface area contributed by atoms with Gasteiger partial charge in [0.2, 0.25) is 0 Å². The van der Waals surface area contributed by atoms with Crippen LogP contribution in [0.15, 0.2) is 36.4 Å². The van der Waals surface area contributed by atoms with Gasteiger partial charge in [-0.05, 0) is 39.2 Å². The molecule has 0 bridgehead atoms. The lowest BCUT2D eigenvalue weighted by Crippen LogP contribution is -2.43. The highest BCUT2D eigenvalue weighted by atomic mass is 79.9. The van der Waals surface area contributed by atoms with Gasteiger partial charge in [-0.1, -0.05) is 57.9 Å². The van der Waals surface area contributed by atoms with E-state index in [4.69, 9.17) is 9.47 Å². The van der Waals surface area contributed by atoms with Gasteiger partial charge in [-0.2, -0.15) is 0 Å². The fourth-order valence-electron chi connectivity index (χ4n) is 2.52. The Labute approximate surface area is 152 Å². The van der Waals surface area contributed by atoms with Crippen molar-refractivity contribution in [3.8, 4) is 0 Å². The zero-order chi connectivity index (χ0) is 18.0. The molecule has 5 heteroatoms. The summed E-state index contributed by atoms with van der Waals surface area (Å²) < 4.78 is 10.4. The Balaban J connectivity index is 3.28. The first-order valence-electron chi connectivity index (χ1n) is 8.11. The van der Waals surface area contributed by atoms with Crippen molar-refractivity contribution < 1.29 is 19.1 Å². The highest BCUT2D eigenvalue weighted by molar-refractivity contribution is 9.09. The van der Waals surface area contributed by atoms with E-state index in [1.165, 1.54) is 0 Å². The first-order chi connectivity index (χ1) is 11.5. The maximum absolute atomic E-state index is 12.7. The summed E-state index contributed by atoms with van der Waals surface area (Å²) in [5.74, 6) is -1.08. The summed E-state index contributed by atoms with van der Waals surface area (Å²) in [6, 6.07) is 7.78. The van der Waals surface area contributed by atoms with E-state index in [1.807, 2.05) is 43.3 Å². The van der Waals surface area contributed by atoms with Gasteiger partial charge in [0.05, 0.1) is 13.2 Å². The summed E-state index contributed by atoms with van der Waals surface area (Å²) in [5.41, 5.74) is 0.617. The number of allylic oxidation sites excluding steroid dienone is 2. The zero-order valence-corrected chi connectivity index (χ0v) is 16.1. The molecule has 0 fully saturated rings. The Morgan fingerprint density at radius 2 is 1.75 bits per heavy atom. The lowest BCUT2D eigenvalue weighted by atomic mass is 9.78. The maximum atomic E-state index is 12.7. The standard InChI is InChI=1S/C19H25BrO4/c1-4-23-17(21)19(11-6-7-12-20,18(22)24-5-2)14-16-10-8-9-15(3)13-16/h6-10,13H,4-5,11-12,14H2,1-3H3/b7-6-. The highest BCUT2D eigenvalue weighted by Gasteiger charge is 2.48. The summed E-state index contributed by atoms with van der Waals surface area (Å²) in [5, 5.41) is 0.652. The van der Waals surface area contributed by atoms with Crippen molar-refractivity contribution in [1.82, 2.24) is 0 Å². The van der Waals surface area contributed by atoms with Crippen LogP contribution in [-0.2, 0) is 25.5 Å². The SMILES string of the molecule is CCOC(=O)C(C/C=C\CBr)(Cc1cccc(C)c1)C(=O)OCC. The van der Waals surface area contributed by atoms with Crippen molar-refractivity contribution in [2.75, 3.05) is 18.5 Å². The molecular formula is C19H25BrO4. The number of alkyl halides is 1. The molecule has 0 aliphatic heterocycles. The molecule has 0 aliphatic rings. The van der Waals surface area contributed by atoms with E-state index in [1.54, 1.807) is 13.8 Å². The molecule has 1 aromatic carbocycles. The first-order valence-corrected chi connectivity index (χ1v) is 9.23. The van der Waals surface area contributed by atoms with Gasteiger partial charge in [0.1, 0.15) is 0 Å². The smallest absolute Gasteiger partial charge is 0.324 e. The molecule has 0 amide bonds. The molecule has 0 unspecified atom stereocenters. The van der Waals surface area contributed by atoms with E-state index >= 15 is 0 Å². The first kappa shape index (κ1) is 20.4. The number of hydrogen-bond acceptors (Lipinski definition) is 4. The summed E-state index contributed by atoms with van der Waals surface area (Å²) in [4.78, 5) is 25.4. The fourth-order valence-corrected chi connectivity index (χ4v) is 2.79. The van der Waals surface area contributed by atoms with Crippen LogP contribution in [-0.4, -0.2) is 30.5 Å². The lowest BCUT2D eigenvalue weighted by Gasteiger charge is -2.28. The molecule has 24 heavy (non-hydrogen) atoms. The molecule has 1 rings (SSSR count). The van der Waals surface area contributed by atoms with Gasteiger partial charge >= 0.3 is 11.9 Å². The monoisotopic (exact) mass is 396 g/mol. The van der Waals surface area contributed by atoms with Crippen molar-refractivity contribution in [3.63, 3.8) is 0 Å². The number of rotatable bonds is 9. The Hall–Kier alpha value is -1.62. The molecule has 0 atom stereocenters. The van der Waals surface area contributed by atoms with Crippen LogP contribution in [0.1, 0.15) is 31.4 Å². The third-order valence-corrected chi connectivity index (χ3v) is 4.02. The van der Waals surface area contributed by atoms with Gasteiger partial charge in [0.15, 0.2) is 5.41 Å².